The van der Waals surface area contributed by atoms with E-state index in [9.17, 15) is 0 Å². The molecule has 2 aromatic rings. The van der Waals surface area contributed by atoms with Crippen LogP contribution >= 0.6 is 11.8 Å². The van der Waals surface area contributed by atoms with E-state index in [-0.39, 0.29) is 0 Å². The highest BCUT2D eigenvalue weighted by Gasteiger charge is 2.07. The van der Waals surface area contributed by atoms with Crippen LogP contribution in [0.4, 0.5) is 5.82 Å². The van der Waals surface area contributed by atoms with Crippen LogP contribution in [0.5, 0.6) is 0 Å². The predicted octanol–water partition coefficient (Wildman–Crippen LogP) is 4.24. The first-order valence-electron chi connectivity index (χ1n) is 6.99. The second-order valence-electron chi connectivity index (χ2n) is 4.76. The Labute approximate surface area is 125 Å². The van der Waals surface area contributed by atoms with E-state index in [4.69, 9.17) is 0 Å². The van der Waals surface area contributed by atoms with Crippen molar-refractivity contribution in [3.63, 3.8) is 0 Å². The lowest BCUT2D eigenvalue weighted by molar-refractivity contribution is 0.887. The van der Waals surface area contributed by atoms with Gasteiger partial charge in [-0.3, -0.25) is 0 Å². The van der Waals surface area contributed by atoms with Crippen molar-refractivity contribution in [2.45, 2.75) is 44.0 Å². The standard InChI is InChI=1S/C16H21N3S/c1-5-14-18-15(17-6-2)10-16(19-14)20-13-8-7-11(3)9-12(13)4/h7-10H,5-6H2,1-4H3,(H,17,18,19). The van der Waals surface area contributed by atoms with Gasteiger partial charge in [-0.25, -0.2) is 9.97 Å². The minimum Gasteiger partial charge on any atom is -0.370 e. The van der Waals surface area contributed by atoms with E-state index in [1.165, 1.54) is 16.0 Å². The summed E-state index contributed by atoms with van der Waals surface area (Å²) in [4.78, 5) is 10.3. The lowest BCUT2D eigenvalue weighted by Gasteiger charge is -2.09. The van der Waals surface area contributed by atoms with Crippen LogP contribution in [0, 0.1) is 13.8 Å². The van der Waals surface area contributed by atoms with Gasteiger partial charge in [-0.05, 0) is 32.4 Å². The van der Waals surface area contributed by atoms with Gasteiger partial charge in [0.15, 0.2) is 0 Å². The van der Waals surface area contributed by atoms with Crippen molar-refractivity contribution >= 4 is 17.6 Å². The Kier molecular flexibility index (Phi) is 5.01. The SMILES string of the molecule is CCNc1cc(Sc2ccc(C)cc2C)nc(CC)n1. The summed E-state index contributed by atoms with van der Waals surface area (Å²) in [5.74, 6) is 1.79. The van der Waals surface area contributed by atoms with Gasteiger partial charge in [0.1, 0.15) is 16.7 Å². The molecule has 1 aromatic heterocycles. The highest BCUT2D eigenvalue weighted by atomic mass is 32.2. The van der Waals surface area contributed by atoms with Crippen LogP contribution in [0.1, 0.15) is 30.8 Å². The minimum atomic E-state index is 0.847. The third-order valence-corrected chi connectivity index (χ3v) is 4.06. The van der Waals surface area contributed by atoms with E-state index in [2.05, 4.69) is 61.2 Å². The minimum absolute atomic E-state index is 0.847. The molecule has 2 rings (SSSR count). The first kappa shape index (κ1) is 14.9. The third kappa shape index (κ3) is 3.73. The van der Waals surface area contributed by atoms with E-state index < -0.39 is 0 Å². The molecule has 0 aliphatic rings. The number of aryl methyl sites for hydroxylation is 3. The summed E-state index contributed by atoms with van der Waals surface area (Å²) in [7, 11) is 0. The van der Waals surface area contributed by atoms with Crippen molar-refractivity contribution in [3.8, 4) is 0 Å². The van der Waals surface area contributed by atoms with E-state index in [1.54, 1.807) is 11.8 Å². The summed E-state index contributed by atoms with van der Waals surface area (Å²) in [6.07, 6.45) is 0.847. The summed E-state index contributed by atoms with van der Waals surface area (Å²) >= 11 is 1.70. The van der Waals surface area contributed by atoms with Crippen LogP contribution < -0.4 is 5.32 Å². The molecule has 0 radical (unpaired) electrons. The molecule has 0 spiro atoms. The van der Waals surface area contributed by atoms with Gasteiger partial charge < -0.3 is 5.32 Å². The third-order valence-electron chi connectivity index (χ3n) is 2.97. The molecule has 106 valence electrons. The van der Waals surface area contributed by atoms with Gasteiger partial charge >= 0.3 is 0 Å². The van der Waals surface area contributed by atoms with E-state index in [1.807, 2.05) is 6.07 Å². The van der Waals surface area contributed by atoms with E-state index in [0.717, 1.165) is 29.6 Å². The molecule has 1 aromatic carbocycles. The molecule has 0 fully saturated rings. The maximum absolute atomic E-state index is 4.60. The zero-order valence-corrected chi connectivity index (χ0v) is 13.3. The van der Waals surface area contributed by atoms with Crippen molar-refractivity contribution in [1.29, 1.82) is 0 Å². The maximum atomic E-state index is 4.60. The molecular weight excluding hydrogens is 266 g/mol. The number of rotatable bonds is 5. The highest BCUT2D eigenvalue weighted by Crippen LogP contribution is 2.30. The Hall–Kier alpha value is -1.55. The molecule has 1 N–H and O–H groups in total. The van der Waals surface area contributed by atoms with Crippen molar-refractivity contribution in [1.82, 2.24) is 9.97 Å². The summed E-state index contributed by atoms with van der Waals surface area (Å²) in [5, 5.41) is 4.27. The fourth-order valence-corrected chi connectivity index (χ4v) is 2.88. The molecule has 0 saturated carbocycles. The zero-order valence-electron chi connectivity index (χ0n) is 12.5. The van der Waals surface area contributed by atoms with Crippen molar-refractivity contribution < 1.29 is 0 Å². The number of hydrogen-bond donors (Lipinski definition) is 1. The summed E-state index contributed by atoms with van der Waals surface area (Å²) in [6.45, 7) is 9.28. The van der Waals surface area contributed by atoms with Crippen molar-refractivity contribution in [2.75, 3.05) is 11.9 Å². The monoisotopic (exact) mass is 287 g/mol. The lowest BCUT2D eigenvalue weighted by atomic mass is 10.2. The normalized spacial score (nSPS) is 10.6. The molecule has 0 amide bonds. The Morgan fingerprint density at radius 1 is 1.10 bits per heavy atom. The van der Waals surface area contributed by atoms with Gasteiger partial charge in [0.05, 0.1) is 0 Å². The van der Waals surface area contributed by atoms with Crippen LogP contribution in [-0.4, -0.2) is 16.5 Å². The largest absolute Gasteiger partial charge is 0.370 e. The van der Waals surface area contributed by atoms with Gasteiger partial charge in [-0.2, -0.15) is 0 Å². The lowest BCUT2D eigenvalue weighted by Crippen LogP contribution is -2.03. The molecule has 0 unspecified atom stereocenters. The number of hydrogen-bond acceptors (Lipinski definition) is 4. The Morgan fingerprint density at radius 3 is 2.55 bits per heavy atom. The van der Waals surface area contributed by atoms with Gasteiger partial charge in [-0.15, -0.1) is 0 Å². The topological polar surface area (TPSA) is 37.8 Å². The number of benzene rings is 1. The zero-order chi connectivity index (χ0) is 14.5. The van der Waals surface area contributed by atoms with Gasteiger partial charge in [0.25, 0.3) is 0 Å². The maximum Gasteiger partial charge on any atom is 0.131 e. The van der Waals surface area contributed by atoms with Crippen LogP contribution in [0.2, 0.25) is 0 Å². The Morgan fingerprint density at radius 2 is 1.90 bits per heavy atom. The fraction of sp³-hybridized carbons (Fsp3) is 0.375. The number of nitrogens with zero attached hydrogens (tertiary/aromatic N) is 2. The number of anilines is 1. The van der Waals surface area contributed by atoms with Crippen LogP contribution in [-0.2, 0) is 6.42 Å². The molecule has 3 nitrogen and oxygen atoms in total. The Balaban J connectivity index is 2.29. The predicted molar refractivity (Wildman–Crippen MR) is 85.6 cm³/mol. The molecule has 4 heteroatoms. The summed E-state index contributed by atoms with van der Waals surface area (Å²) in [6, 6.07) is 8.53. The number of nitrogens with one attached hydrogen (secondary N) is 1. The quantitative estimate of drug-likeness (QED) is 0.835. The van der Waals surface area contributed by atoms with Crippen molar-refractivity contribution in [3.05, 3.63) is 41.2 Å². The molecule has 0 aliphatic heterocycles. The smallest absolute Gasteiger partial charge is 0.131 e. The molecular formula is C16H21N3S. The Bertz CT molecular complexity index is 596. The second-order valence-corrected chi connectivity index (χ2v) is 5.82. The molecule has 0 aliphatic carbocycles. The van der Waals surface area contributed by atoms with Crippen molar-refractivity contribution in [2.24, 2.45) is 0 Å². The molecule has 1 heterocycles. The first-order valence-corrected chi connectivity index (χ1v) is 7.81. The van der Waals surface area contributed by atoms with E-state index in [0.29, 0.717) is 0 Å². The van der Waals surface area contributed by atoms with Gasteiger partial charge in [0, 0.05) is 23.9 Å². The van der Waals surface area contributed by atoms with Gasteiger partial charge in [0.2, 0.25) is 0 Å². The van der Waals surface area contributed by atoms with Crippen LogP contribution in [0.25, 0.3) is 0 Å². The second kappa shape index (κ2) is 6.75. The van der Waals surface area contributed by atoms with Gasteiger partial charge in [-0.1, -0.05) is 36.4 Å². The molecule has 20 heavy (non-hydrogen) atoms. The summed E-state index contributed by atoms with van der Waals surface area (Å²) < 4.78 is 0. The molecule has 0 saturated heterocycles. The van der Waals surface area contributed by atoms with Crippen LogP contribution in [0.15, 0.2) is 34.2 Å². The average Bonchev–Trinajstić information content (AvgIpc) is 2.42. The molecule has 0 atom stereocenters. The fourth-order valence-electron chi connectivity index (χ4n) is 1.98. The molecule has 0 bridgehead atoms. The average molecular weight is 287 g/mol. The number of aromatic nitrogens is 2. The highest BCUT2D eigenvalue weighted by molar-refractivity contribution is 7.99. The van der Waals surface area contributed by atoms with Crippen LogP contribution in [0.3, 0.4) is 0 Å². The van der Waals surface area contributed by atoms with E-state index >= 15 is 0 Å². The summed E-state index contributed by atoms with van der Waals surface area (Å²) in [5.41, 5.74) is 2.58. The first-order chi connectivity index (χ1) is 9.62.